The van der Waals surface area contributed by atoms with E-state index in [0.29, 0.717) is 50.1 Å². The molecule has 0 spiro atoms. The zero-order valence-electron chi connectivity index (χ0n) is 23.8. The summed E-state index contributed by atoms with van der Waals surface area (Å²) in [4.78, 5) is 28.5. The first kappa shape index (κ1) is 29.7. The molecule has 3 fully saturated rings. The van der Waals surface area contributed by atoms with Crippen molar-refractivity contribution in [1.82, 2.24) is 29.0 Å². The zero-order valence-corrected chi connectivity index (χ0v) is 25.5. The number of hydrogen-bond acceptors (Lipinski definition) is 8. The summed E-state index contributed by atoms with van der Waals surface area (Å²) in [6.45, 7) is 16.4. The number of piperidine rings is 2. The number of aromatic nitrogens is 2. The normalized spacial score (nSPS) is 25.4. The topological polar surface area (TPSA) is 90.0 Å². The van der Waals surface area contributed by atoms with Gasteiger partial charge in [-0.2, -0.15) is 12.6 Å². The van der Waals surface area contributed by atoms with Crippen LogP contribution in [-0.2, 0) is 10.0 Å². The maximum atomic E-state index is 13.2. The molecule has 3 saturated heterocycles. The van der Waals surface area contributed by atoms with Crippen LogP contribution in [0.5, 0.6) is 0 Å². The van der Waals surface area contributed by atoms with Crippen LogP contribution in [-0.4, -0.2) is 112 Å². The van der Waals surface area contributed by atoms with Crippen molar-refractivity contribution in [3.63, 3.8) is 0 Å². The maximum absolute atomic E-state index is 13.2. The molecular weight excluding hydrogens is 520 g/mol. The fourth-order valence-corrected chi connectivity index (χ4v) is 8.26. The first-order valence-corrected chi connectivity index (χ1v) is 16.2. The van der Waals surface area contributed by atoms with Crippen molar-refractivity contribution in [3.05, 3.63) is 23.3 Å². The number of carbonyl (C=O) groups is 1. The van der Waals surface area contributed by atoms with E-state index in [2.05, 4.69) is 26.7 Å². The van der Waals surface area contributed by atoms with Gasteiger partial charge in [-0.3, -0.25) is 14.6 Å². The fraction of sp³-hybridized carbons (Fsp3) is 0.815. The van der Waals surface area contributed by atoms with Crippen molar-refractivity contribution >= 4 is 28.6 Å². The molecule has 3 aliphatic rings. The van der Waals surface area contributed by atoms with E-state index in [4.69, 9.17) is 12.6 Å². The fourth-order valence-electron chi connectivity index (χ4n) is 6.23. The van der Waals surface area contributed by atoms with Gasteiger partial charge in [0.25, 0.3) is 5.91 Å². The number of nitrogens with zero attached hydrogens (tertiary/aromatic N) is 6. The van der Waals surface area contributed by atoms with Gasteiger partial charge in [-0.25, -0.2) is 22.7 Å². The summed E-state index contributed by atoms with van der Waals surface area (Å²) in [7, 11) is -3.16. The quantitative estimate of drug-likeness (QED) is 0.508. The molecule has 1 aromatic heterocycles. The summed E-state index contributed by atoms with van der Waals surface area (Å²) in [5, 5.41) is -0.300. The van der Waals surface area contributed by atoms with Crippen molar-refractivity contribution in [1.29, 1.82) is 0 Å². The Balaban J connectivity index is 1.26. The lowest BCUT2D eigenvalue weighted by Gasteiger charge is -2.51. The molecule has 2 unspecified atom stereocenters. The summed E-state index contributed by atoms with van der Waals surface area (Å²) in [6.07, 6.45) is 5.72. The molecule has 11 heteroatoms. The minimum Gasteiger partial charge on any atom is -0.338 e. The smallest absolute Gasteiger partial charge is 0.257 e. The van der Waals surface area contributed by atoms with Crippen LogP contribution >= 0.6 is 12.6 Å². The van der Waals surface area contributed by atoms with Crippen LogP contribution in [0.25, 0.3) is 0 Å². The molecule has 38 heavy (non-hydrogen) atoms. The molecular formula is C27H46N6O3S2. The van der Waals surface area contributed by atoms with Crippen molar-refractivity contribution < 1.29 is 13.2 Å². The van der Waals surface area contributed by atoms with E-state index in [-0.39, 0.29) is 16.0 Å². The van der Waals surface area contributed by atoms with Crippen LogP contribution in [0.2, 0.25) is 0 Å². The predicted octanol–water partition coefficient (Wildman–Crippen LogP) is 2.80. The van der Waals surface area contributed by atoms with E-state index in [1.807, 2.05) is 32.6 Å². The van der Waals surface area contributed by atoms with Crippen LogP contribution in [0, 0.1) is 19.8 Å². The Bertz CT molecular complexity index is 1060. The molecule has 0 radical (unpaired) electrons. The highest BCUT2D eigenvalue weighted by atomic mass is 32.2. The summed E-state index contributed by atoms with van der Waals surface area (Å²) < 4.78 is 27.2. The van der Waals surface area contributed by atoms with Gasteiger partial charge >= 0.3 is 0 Å². The number of sulfonamides is 1. The largest absolute Gasteiger partial charge is 0.338 e. The average Bonchev–Trinajstić information content (AvgIpc) is 2.89. The Hall–Kier alpha value is -1.27. The lowest BCUT2D eigenvalue weighted by Crippen LogP contribution is -2.61. The Labute approximate surface area is 234 Å². The third kappa shape index (κ3) is 6.22. The van der Waals surface area contributed by atoms with Crippen LogP contribution in [0.4, 0.5) is 0 Å². The first-order valence-electron chi connectivity index (χ1n) is 14.2. The van der Waals surface area contributed by atoms with E-state index in [0.717, 1.165) is 63.3 Å². The monoisotopic (exact) mass is 566 g/mol. The highest BCUT2D eigenvalue weighted by Crippen LogP contribution is 2.35. The van der Waals surface area contributed by atoms with Gasteiger partial charge in [-0.05, 0) is 65.7 Å². The van der Waals surface area contributed by atoms with Gasteiger partial charge < -0.3 is 4.90 Å². The van der Waals surface area contributed by atoms with E-state index in [1.54, 1.807) is 4.31 Å². The molecule has 0 N–H and O–H groups in total. The molecule has 0 aliphatic carbocycles. The molecule has 214 valence electrons. The van der Waals surface area contributed by atoms with Crippen LogP contribution < -0.4 is 0 Å². The number of amides is 1. The lowest BCUT2D eigenvalue weighted by atomic mass is 9.95. The minimum atomic E-state index is -3.16. The first-order chi connectivity index (χ1) is 18.0. The second-order valence-electron chi connectivity index (χ2n) is 11.6. The molecule has 9 nitrogen and oxygen atoms in total. The van der Waals surface area contributed by atoms with E-state index in [9.17, 15) is 13.2 Å². The van der Waals surface area contributed by atoms with Gasteiger partial charge in [0.15, 0.2) is 0 Å². The number of rotatable bonds is 7. The summed E-state index contributed by atoms with van der Waals surface area (Å²) in [6, 6.07) is 0.418. The van der Waals surface area contributed by atoms with Crippen molar-refractivity contribution in [3.8, 4) is 0 Å². The van der Waals surface area contributed by atoms with Gasteiger partial charge in [0.05, 0.1) is 27.1 Å². The molecule has 1 aromatic rings. The van der Waals surface area contributed by atoms with E-state index >= 15 is 0 Å². The number of carbonyl (C=O) groups excluding carboxylic acids is 1. The van der Waals surface area contributed by atoms with E-state index < -0.39 is 10.0 Å². The predicted molar refractivity (Wildman–Crippen MR) is 154 cm³/mol. The van der Waals surface area contributed by atoms with Crippen LogP contribution in [0.3, 0.4) is 0 Å². The molecule has 3 aliphatic heterocycles. The third-order valence-corrected chi connectivity index (χ3v) is 12.3. The molecule has 0 aromatic carbocycles. The minimum absolute atomic E-state index is 0.0252. The summed E-state index contributed by atoms with van der Waals surface area (Å²) in [5.41, 5.74) is 2.10. The van der Waals surface area contributed by atoms with Crippen molar-refractivity contribution in [2.45, 2.75) is 82.9 Å². The average molecular weight is 567 g/mol. The number of piperazine rings is 1. The van der Waals surface area contributed by atoms with Crippen molar-refractivity contribution in [2.75, 3.05) is 52.4 Å². The van der Waals surface area contributed by atoms with Gasteiger partial charge in [-0.1, -0.05) is 6.92 Å². The zero-order chi connectivity index (χ0) is 27.7. The molecule has 0 saturated carbocycles. The number of thiol groups is 1. The number of hydrogen-bond donors (Lipinski definition) is 1. The molecule has 1 amide bonds. The van der Waals surface area contributed by atoms with Crippen LogP contribution in [0.15, 0.2) is 6.33 Å². The Morgan fingerprint density at radius 1 is 1.08 bits per heavy atom. The molecule has 0 bridgehead atoms. The third-order valence-electron chi connectivity index (χ3n) is 9.15. The number of aryl methyl sites for hydroxylation is 2. The van der Waals surface area contributed by atoms with Gasteiger partial charge in [-0.15, -0.1) is 0 Å². The van der Waals surface area contributed by atoms with Gasteiger partial charge in [0.1, 0.15) is 6.33 Å². The Morgan fingerprint density at radius 2 is 1.68 bits per heavy atom. The highest BCUT2D eigenvalue weighted by Gasteiger charge is 2.41. The van der Waals surface area contributed by atoms with Gasteiger partial charge in [0, 0.05) is 58.4 Å². The SMILES string of the molecule is CCC(C)S(=O)(=O)N1CCC(CN2CCN(C3(S)CCN(C(=O)c4c(C)ncnc4C)CC3)CC2C)CC1. The molecule has 4 rings (SSSR count). The Kier molecular flexibility index (Phi) is 9.44. The number of likely N-dealkylation sites (tertiary alicyclic amines) is 1. The maximum Gasteiger partial charge on any atom is 0.257 e. The van der Waals surface area contributed by atoms with E-state index in [1.165, 1.54) is 6.33 Å². The second-order valence-corrected chi connectivity index (χ2v) is 14.8. The lowest BCUT2D eigenvalue weighted by molar-refractivity contribution is 0.00861. The van der Waals surface area contributed by atoms with Gasteiger partial charge in [0.2, 0.25) is 10.0 Å². The Morgan fingerprint density at radius 3 is 2.24 bits per heavy atom. The van der Waals surface area contributed by atoms with Crippen LogP contribution in [0.1, 0.15) is 74.6 Å². The molecule has 2 atom stereocenters. The van der Waals surface area contributed by atoms with Crippen molar-refractivity contribution in [2.24, 2.45) is 5.92 Å². The summed E-state index contributed by atoms with van der Waals surface area (Å²) >= 11 is 5.17. The summed E-state index contributed by atoms with van der Waals surface area (Å²) in [5.74, 6) is 0.567. The standard InChI is InChI=1S/C27H46N6O3S2/c1-6-21(3)38(35,36)33-11-7-24(8-12-33)18-31-15-16-32(17-20(31)2)27(37)9-13-30(14-10-27)26(34)25-22(4)28-19-29-23(25)5/h19-21,24,37H,6-18H2,1-5H3. The second kappa shape index (κ2) is 12.1. The molecule has 4 heterocycles. The highest BCUT2D eigenvalue weighted by molar-refractivity contribution is 7.89.